The fraction of sp³-hybridized carbons (Fsp3) is 0.273. The second kappa shape index (κ2) is 10.2. The lowest BCUT2D eigenvalue weighted by Crippen LogP contribution is -2.20. The number of halogens is 2. The van der Waals surface area contributed by atoms with Crippen LogP contribution in [0.5, 0.6) is 0 Å². The molecule has 0 fully saturated rings. The number of furan rings is 1. The predicted octanol–water partition coefficient (Wildman–Crippen LogP) is 3.59. The van der Waals surface area contributed by atoms with Gasteiger partial charge < -0.3 is 25.1 Å². The number of hydrogen-bond donors (Lipinski definition) is 4. The van der Waals surface area contributed by atoms with Crippen LogP contribution in [0.3, 0.4) is 0 Å². The number of fused-ring (bicyclic) bond motifs is 1. The van der Waals surface area contributed by atoms with Gasteiger partial charge >= 0.3 is 0 Å². The summed E-state index contributed by atoms with van der Waals surface area (Å²) in [6, 6.07) is 7.55. The monoisotopic (exact) mass is 488 g/mol. The maximum atomic E-state index is 14.0. The lowest BCUT2D eigenvalue weighted by molar-refractivity contribution is 0.208. The highest BCUT2D eigenvalue weighted by Crippen LogP contribution is 2.26. The number of aromatic amines is 1. The van der Waals surface area contributed by atoms with E-state index in [1.54, 1.807) is 13.0 Å². The van der Waals surface area contributed by atoms with Crippen molar-refractivity contribution in [2.24, 2.45) is 0 Å². The highest BCUT2D eigenvalue weighted by Gasteiger charge is 2.16. The van der Waals surface area contributed by atoms with Crippen molar-refractivity contribution in [3.8, 4) is 0 Å². The molecule has 178 valence electrons. The number of anilines is 2. The molecule has 3 aromatic heterocycles. The van der Waals surface area contributed by atoms with E-state index >= 15 is 0 Å². The molecule has 34 heavy (non-hydrogen) atoms. The zero-order valence-electron chi connectivity index (χ0n) is 18.4. The van der Waals surface area contributed by atoms with E-state index in [-0.39, 0.29) is 52.4 Å². The maximum absolute atomic E-state index is 14.0. The number of aliphatic hydroxyl groups is 1. The number of hydrogen-bond acceptors (Lipinski definition) is 9. The smallest absolute Gasteiger partial charge is 0.292 e. The highest BCUT2D eigenvalue weighted by molar-refractivity contribution is 7.98. The molecule has 12 heteroatoms. The van der Waals surface area contributed by atoms with E-state index in [4.69, 9.17) is 4.42 Å². The van der Waals surface area contributed by atoms with Crippen LogP contribution in [0, 0.1) is 18.6 Å². The summed E-state index contributed by atoms with van der Waals surface area (Å²) in [4.78, 5) is 28.4. The first-order chi connectivity index (χ1) is 16.3. The van der Waals surface area contributed by atoms with Gasteiger partial charge in [-0.05, 0) is 32.0 Å². The molecule has 4 N–H and O–H groups in total. The van der Waals surface area contributed by atoms with Crippen molar-refractivity contribution in [1.82, 2.24) is 19.9 Å². The van der Waals surface area contributed by atoms with Crippen LogP contribution in [0.4, 0.5) is 20.4 Å². The Morgan fingerprint density at radius 1 is 1.15 bits per heavy atom. The van der Waals surface area contributed by atoms with Crippen LogP contribution in [0.25, 0.3) is 11.2 Å². The van der Waals surface area contributed by atoms with E-state index in [1.807, 2.05) is 13.0 Å². The zero-order valence-corrected chi connectivity index (χ0v) is 19.2. The molecule has 0 aliphatic heterocycles. The van der Waals surface area contributed by atoms with Gasteiger partial charge in [-0.15, -0.1) is 0 Å². The summed E-state index contributed by atoms with van der Waals surface area (Å²) in [5.74, 6) is -0.0769. The van der Waals surface area contributed by atoms with Crippen LogP contribution >= 0.6 is 11.8 Å². The number of aliphatic hydroxyl groups excluding tert-OH is 1. The molecule has 0 aliphatic rings. The number of aromatic nitrogens is 4. The molecular weight excluding hydrogens is 466 g/mol. The first kappa shape index (κ1) is 23.6. The molecule has 3 heterocycles. The third-order valence-electron chi connectivity index (χ3n) is 4.71. The van der Waals surface area contributed by atoms with Crippen molar-refractivity contribution in [3.05, 3.63) is 69.4 Å². The third kappa shape index (κ3) is 5.51. The molecule has 0 saturated heterocycles. The summed E-state index contributed by atoms with van der Waals surface area (Å²) >= 11 is 1.07. The number of nitrogens with one attached hydrogen (secondary N) is 3. The minimum absolute atomic E-state index is 0.0486. The van der Waals surface area contributed by atoms with Crippen LogP contribution in [0.15, 0.2) is 44.7 Å². The number of aryl methyl sites for hydroxylation is 1. The Morgan fingerprint density at radius 3 is 2.71 bits per heavy atom. The largest absolute Gasteiger partial charge is 0.465 e. The first-order valence-corrected chi connectivity index (χ1v) is 11.4. The minimum atomic E-state index is -0.935. The Labute approximate surface area is 197 Å². The topological polar surface area (TPSA) is 129 Å². The summed E-state index contributed by atoms with van der Waals surface area (Å²) < 4.78 is 33.0. The molecule has 1 unspecified atom stereocenters. The van der Waals surface area contributed by atoms with Crippen LogP contribution in [-0.2, 0) is 12.3 Å². The number of H-pyrrole nitrogens is 1. The van der Waals surface area contributed by atoms with Gasteiger partial charge in [0.25, 0.3) is 5.56 Å². The van der Waals surface area contributed by atoms with Gasteiger partial charge in [-0.1, -0.05) is 23.9 Å². The van der Waals surface area contributed by atoms with E-state index in [9.17, 15) is 18.7 Å². The van der Waals surface area contributed by atoms with E-state index < -0.39 is 23.3 Å². The standard InChI is InChI=1S/C22H22F2N6O3S/c1-11(31)8-25-18-17-19(28-21(32)20(27-17)26-9-14-7-6-12(2)33-14)30-22(29-18)34-10-13-4-3-5-15(23)16(13)24/h3-7,11,31H,8-10H2,1-2H3,(H,26,27)(H2,25,28,29,30,32). The van der Waals surface area contributed by atoms with Crippen LogP contribution in [0.1, 0.15) is 24.0 Å². The summed E-state index contributed by atoms with van der Waals surface area (Å²) in [7, 11) is 0. The lowest BCUT2D eigenvalue weighted by atomic mass is 10.2. The van der Waals surface area contributed by atoms with Crippen molar-refractivity contribution in [2.75, 3.05) is 17.2 Å². The van der Waals surface area contributed by atoms with Gasteiger partial charge in [0, 0.05) is 17.9 Å². The van der Waals surface area contributed by atoms with Gasteiger partial charge in [-0.25, -0.2) is 23.7 Å². The molecule has 0 spiro atoms. The SMILES string of the molecule is Cc1ccc(CNc2nc3c(NCC(C)O)nc(SCc4cccc(F)c4F)nc3[nH]c2=O)o1. The number of thioether (sulfide) groups is 1. The molecule has 0 radical (unpaired) electrons. The van der Waals surface area contributed by atoms with Gasteiger partial charge in [0.15, 0.2) is 39.6 Å². The summed E-state index contributed by atoms with van der Waals surface area (Å²) in [6.45, 7) is 3.84. The molecule has 1 atom stereocenters. The fourth-order valence-corrected chi connectivity index (χ4v) is 3.88. The first-order valence-electron chi connectivity index (χ1n) is 10.4. The summed E-state index contributed by atoms with van der Waals surface area (Å²) in [6.07, 6.45) is -0.676. The Morgan fingerprint density at radius 2 is 1.97 bits per heavy atom. The van der Waals surface area contributed by atoms with E-state index in [0.29, 0.717) is 5.76 Å². The van der Waals surface area contributed by atoms with Crippen molar-refractivity contribution in [2.45, 2.75) is 37.4 Å². The number of benzene rings is 1. The molecular formula is C22H22F2N6O3S. The Bertz CT molecular complexity index is 1370. The van der Waals surface area contributed by atoms with E-state index in [0.717, 1.165) is 23.6 Å². The fourth-order valence-electron chi connectivity index (χ4n) is 3.06. The molecule has 0 saturated carbocycles. The molecule has 0 amide bonds. The van der Waals surface area contributed by atoms with Crippen LogP contribution in [-0.4, -0.2) is 37.7 Å². The Kier molecular flexibility index (Phi) is 7.08. The number of nitrogens with zero attached hydrogens (tertiary/aromatic N) is 3. The average molecular weight is 489 g/mol. The highest BCUT2D eigenvalue weighted by atomic mass is 32.2. The second-order valence-electron chi connectivity index (χ2n) is 7.56. The van der Waals surface area contributed by atoms with Crippen molar-refractivity contribution in [3.63, 3.8) is 0 Å². The van der Waals surface area contributed by atoms with Gasteiger partial charge in [0.2, 0.25) is 0 Å². The van der Waals surface area contributed by atoms with Gasteiger partial charge in [-0.2, -0.15) is 0 Å². The molecule has 4 aromatic rings. The van der Waals surface area contributed by atoms with Crippen molar-refractivity contribution in [1.29, 1.82) is 0 Å². The number of rotatable bonds is 9. The zero-order chi connectivity index (χ0) is 24.2. The predicted molar refractivity (Wildman–Crippen MR) is 125 cm³/mol. The molecule has 0 aliphatic carbocycles. The minimum Gasteiger partial charge on any atom is -0.465 e. The van der Waals surface area contributed by atoms with Crippen molar-refractivity contribution >= 4 is 34.6 Å². The van der Waals surface area contributed by atoms with Crippen LogP contribution in [0.2, 0.25) is 0 Å². The van der Waals surface area contributed by atoms with E-state index in [1.165, 1.54) is 12.1 Å². The van der Waals surface area contributed by atoms with Gasteiger partial charge in [0.05, 0.1) is 12.6 Å². The summed E-state index contributed by atoms with van der Waals surface area (Å²) in [5.41, 5.74) is 0.101. The molecule has 9 nitrogen and oxygen atoms in total. The Hall–Kier alpha value is -3.51. The summed E-state index contributed by atoms with van der Waals surface area (Å²) in [5, 5.41) is 15.8. The quantitative estimate of drug-likeness (QED) is 0.206. The second-order valence-corrected chi connectivity index (χ2v) is 8.51. The molecule has 0 bridgehead atoms. The van der Waals surface area contributed by atoms with E-state index in [2.05, 4.69) is 30.6 Å². The van der Waals surface area contributed by atoms with Crippen LogP contribution < -0.4 is 16.2 Å². The molecule has 1 aromatic carbocycles. The third-order valence-corrected chi connectivity index (χ3v) is 5.61. The average Bonchev–Trinajstić information content (AvgIpc) is 3.22. The van der Waals surface area contributed by atoms with Gasteiger partial charge in [0.1, 0.15) is 11.5 Å². The normalized spacial score (nSPS) is 12.1. The van der Waals surface area contributed by atoms with Crippen molar-refractivity contribution < 1.29 is 18.3 Å². The molecule has 4 rings (SSSR count). The lowest BCUT2D eigenvalue weighted by Gasteiger charge is -2.12. The van der Waals surface area contributed by atoms with Gasteiger partial charge in [-0.3, -0.25) is 4.79 Å². The Balaban J connectivity index is 1.64. The maximum Gasteiger partial charge on any atom is 0.292 e.